The minimum absolute atomic E-state index is 0.225. The number of fused-ring (bicyclic) bond motifs is 1. The van der Waals surface area contributed by atoms with Crippen LogP contribution in [0.25, 0.3) is 10.8 Å². The van der Waals surface area contributed by atoms with Gasteiger partial charge < -0.3 is 25.6 Å². The Kier molecular flexibility index (Phi) is 6.46. The summed E-state index contributed by atoms with van der Waals surface area (Å²) in [5, 5.41) is 16.2. The predicted molar refractivity (Wildman–Crippen MR) is 124 cm³/mol. The van der Waals surface area contributed by atoms with Crippen LogP contribution in [-0.4, -0.2) is 39.2 Å². The number of ether oxygens (including phenoxy) is 2. The zero-order valence-corrected chi connectivity index (χ0v) is 17.9. The molecule has 172 valence electrons. The predicted octanol–water partition coefficient (Wildman–Crippen LogP) is 3.55. The summed E-state index contributed by atoms with van der Waals surface area (Å²) in [5.74, 6) is -0.822. The van der Waals surface area contributed by atoms with Crippen molar-refractivity contribution in [3.05, 3.63) is 72.6 Å². The number of carbonyl (C=O) groups is 2. The van der Waals surface area contributed by atoms with Gasteiger partial charge in [-0.1, -0.05) is 30.3 Å². The Morgan fingerprint density at radius 2 is 1.62 bits per heavy atom. The first-order valence-electron chi connectivity index (χ1n) is 10.0. The molecule has 1 heterocycles. The van der Waals surface area contributed by atoms with Gasteiger partial charge in [0.1, 0.15) is 11.5 Å². The molecule has 1 atom stereocenters. The molecule has 1 unspecified atom stereocenters. The van der Waals surface area contributed by atoms with Gasteiger partial charge in [-0.05, 0) is 47.2 Å². The number of rotatable bonds is 7. The van der Waals surface area contributed by atoms with E-state index in [4.69, 9.17) is 15.2 Å². The zero-order chi connectivity index (χ0) is 24.1. The van der Waals surface area contributed by atoms with E-state index in [1.54, 1.807) is 36.4 Å². The first kappa shape index (κ1) is 22.4. The quantitative estimate of drug-likeness (QED) is 0.323. The standard InChI is InChI=1S/C23H20N6O5/c1-33-16-10-7-15(8-11-16)25-22(32)28-21-26-19(18(24)20(30)31)27-23(29-21)34-17-9-6-13-4-2-3-5-14(13)12-17/h2-12,18H,24H2,1H3,(H,30,31)(H2,25,26,27,28,29,32). The van der Waals surface area contributed by atoms with Crippen molar-refractivity contribution >= 4 is 34.4 Å². The molecule has 3 aromatic carbocycles. The minimum atomic E-state index is -1.55. The van der Waals surface area contributed by atoms with Gasteiger partial charge in [0.25, 0.3) is 0 Å². The van der Waals surface area contributed by atoms with E-state index in [0.29, 0.717) is 17.2 Å². The lowest BCUT2D eigenvalue weighted by Gasteiger charge is -2.12. The van der Waals surface area contributed by atoms with Crippen LogP contribution in [0.5, 0.6) is 17.5 Å². The van der Waals surface area contributed by atoms with Crippen molar-refractivity contribution in [2.75, 3.05) is 17.7 Å². The number of anilines is 2. The van der Waals surface area contributed by atoms with Gasteiger partial charge >= 0.3 is 18.0 Å². The summed E-state index contributed by atoms with van der Waals surface area (Å²) >= 11 is 0. The van der Waals surface area contributed by atoms with Crippen LogP contribution in [0.15, 0.2) is 66.7 Å². The Morgan fingerprint density at radius 3 is 2.32 bits per heavy atom. The van der Waals surface area contributed by atoms with Crippen molar-refractivity contribution < 1.29 is 24.2 Å². The van der Waals surface area contributed by atoms with E-state index in [-0.39, 0.29) is 17.8 Å². The summed E-state index contributed by atoms with van der Waals surface area (Å²) < 4.78 is 10.8. The molecule has 4 rings (SSSR count). The molecule has 0 spiro atoms. The fraction of sp³-hybridized carbons (Fsp3) is 0.0870. The minimum Gasteiger partial charge on any atom is -0.497 e. The van der Waals surface area contributed by atoms with Gasteiger partial charge in [-0.15, -0.1) is 0 Å². The summed E-state index contributed by atoms with van der Waals surface area (Å²) in [5.41, 5.74) is 6.17. The van der Waals surface area contributed by atoms with E-state index in [2.05, 4.69) is 25.6 Å². The number of hydrogen-bond acceptors (Lipinski definition) is 8. The lowest BCUT2D eigenvalue weighted by Crippen LogP contribution is -2.26. The Hall–Kier alpha value is -4.77. The van der Waals surface area contributed by atoms with Crippen LogP contribution < -0.4 is 25.8 Å². The summed E-state index contributed by atoms with van der Waals surface area (Å²) in [6, 6.07) is 17.2. The molecule has 4 aromatic rings. The van der Waals surface area contributed by atoms with Crippen molar-refractivity contribution in [3.63, 3.8) is 0 Å². The maximum Gasteiger partial charge on any atom is 0.328 e. The molecule has 0 saturated carbocycles. The number of carbonyl (C=O) groups excluding carboxylic acids is 1. The summed E-state index contributed by atoms with van der Waals surface area (Å²) in [6.45, 7) is 0. The van der Waals surface area contributed by atoms with E-state index >= 15 is 0 Å². The third-order valence-electron chi connectivity index (χ3n) is 4.68. The highest BCUT2D eigenvalue weighted by Crippen LogP contribution is 2.25. The van der Waals surface area contributed by atoms with Crippen molar-refractivity contribution in [1.82, 2.24) is 15.0 Å². The van der Waals surface area contributed by atoms with Crippen LogP contribution in [0.1, 0.15) is 11.9 Å². The molecule has 34 heavy (non-hydrogen) atoms. The largest absolute Gasteiger partial charge is 0.497 e. The molecule has 11 heteroatoms. The fourth-order valence-electron chi connectivity index (χ4n) is 3.00. The maximum atomic E-state index is 12.4. The third-order valence-corrected chi connectivity index (χ3v) is 4.68. The number of urea groups is 1. The van der Waals surface area contributed by atoms with Gasteiger partial charge in [0, 0.05) is 5.69 Å². The Bertz CT molecular complexity index is 1350. The Morgan fingerprint density at radius 1 is 0.912 bits per heavy atom. The number of nitrogens with two attached hydrogens (primary N) is 1. The third kappa shape index (κ3) is 5.34. The van der Waals surface area contributed by atoms with Crippen LogP contribution in [0.4, 0.5) is 16.4 Å². The van der Waals surface area contributed by atoms with Gasteiger partial charge in [0.2, 0.25) is 5.95 Å². The number of nitrogens with one attached hydrogen (secondary N) is 2. The summed E-state index contributed by atoms with van der Waals surface area (Å²) in [6.07, 6.45) is 0. The topological polar surface area (TPSA) is 162 Å². The molecule has 0 saturated heterocycles. The number of benzene rings is 3. The van der Waals surface area contributed by atoms with Crippen molar-refractivity contribution in [2.24, 2.45) is 5.73 Å². The number of methoxy groups -OCH3 is 1. The lowest BCUT2D eigenvalue weighted by atomic mass is 10.1. The highest BCUT2D eigenvalue weighted by molar-refractivity contribution is 5.98. The molecular weight excluding hydrogens is 440 g/mol. The highest BCUT2D eigenvalue weighted by atomic mass is 16.5. The molecule has 0 radical (unpaired) electrons. The number of carboxylic acids is 1. The van der Waals surface area contributed by atoms with E-state index in [1.165, 1.54) is 7.11 Å². The van der Waals surface area contributed by atoms with E-state index in [1.807, 2.05) is 30.3 Å². The molecule has 0 fully saturated rings. The lowest BCUT2D eigenvalue weighted by molar-refractivity contribution is -0.138. The van der Waals surface area contributed by atoms with Crippen molar-refractivity contribution in [1.29, 1.82) is 0 Å². The van der Waals surface area contributed by atoms with Crippen LogP contribution in [0.2, 0.25) is 0 Å². The van der Waals surface area contributed by atoms with E-state index in [9.17, 15) is 14.7 Å². The molecule has 11 nitrogen and oxygen atoms in total. The highest BCUT2D eigenvalue weighted by Gasteiger charge is 2.21. The molecular formula is C23H20N6O5. The van der Waals surface area contributed by atoms with Crippen LogP contribution in [0.3, 0.4) is 0 Å². The second-order valence-electron chi connectivity index (χ2n) is 7.03. The summed E-state index contributed by atoms with van der Waals surface area (Å²) in [7, 11) is 1.53. The molecule has 0 aliphatic carbocycles. The first-order chi connectivity index (χ1) is 16.4. The van der Waals surface area contributed by atoms with Crippen LogP contribution in [-0.2, 0) is 4.79 Å². The zero-order valence-electron chi connectivity index (χ0n) is 17.9. The monoisotopic (exact) mass is 460 g/mol. The average molecular weight is 460 g/mol. The molecule has 0 aliphatic heterocycles. The van der Waals surface area contributed by atoms with Crippen LogP contribution in [0, 0.1) is 0 Å². The number of nitrogens with zero attached hydrogens (tertiary/aromatic N) is 3. The van der Waals surface area contributed by atoms with E-state index < -0.39 is 18.0 Å². The molecule has 0 aliphatic rings. The van der Waals surface area contributed by atoms with Crippen molar-refractivity contribution in [2.45, 2.75) is 6.04 Å². The number of hydrogen-bond donors (Lipinski definition) is 4. The Labute approximate surface area is 193 Å². The SMILES string of the molecule is COc1ccc(NC(=O)Nc2nc(Oc3ccc4ccccc4c3)nc(C(N)C(=O)O)n2)cc1. The molecule has 1 aromatic heterocycles. The van der Waals surface area contributed by atoms with E-state index in [0.717, 1.165) is 10.8 Å². The van der Waals surface area contributed by atoms with Gasteiger partial charge in [0.05, 0.1) is 7.11 Å². The Balaban J connectivity index is 1.57. The van der Waals surface area contributed by atoms with Crippen molar-refractivity contribution in [3.8, 4) is 17.5 Å². The first-order valence-corrected chi connectivity index (χ1v) is 10.0. The number of aromatic nitrogens is 3. The van der Waals surface area contributed by atoms with Gasteiger partial charge in [0.15, 0.2) is 11.9 Å². The molecule has 0 bridgehead atoms. The van der Waals surface area contributed by atoms with Crippen LogP contribution >= 0.6 is 0 Å². The second-order valence-corrected chi connectivity index (χ2v) is 7.03. The van der Waals surface area contributed by atoms with Gasteiger partial charge in [-0.25, -0.2) is 4.79 Å². The molecule has 5 N–H and O–H groups in total. The number of carboxylic acid groups (broad SMARTS) is 1. The summed E-state index contributed by atoms with van der Waals surface area (Å²) in [4.78, 5) is 35.8. The normalized spacial score (nSPS) is 11.5. The number of amides is 2. The average Bonchev–Trinajstić information content (AvgIpc) is 2.83. The molecule has 2 amide bonds. The number of aliphatic carboxylic acids is 1. The fourth-order valence-corrected chi connectivity index (χ4v) is 3.00. The van der Waals surface area contributed by atoms with Gasteiger partial charge in [-0.2, -0.15) is 15.0 Å². The smallest absolute Gasteiger partial charge is 0.328 e. The second kappa shape index (κ2) is 9.79. The maximum absolute atomic E-state index is 12.4. The van der Waals surface area contributed by atoms with Gasteiger partial charge in [-0.3, -0.25) is 10.1 Å².